The third-order valence-corrected chi connectivity index (χ3v) is 9.62. The summed E-state index contributed by atoms with van der Waals surface area (Å²) in [5.74, 6) is -0.155. The van der Waals surface area contributed by atoms with Crippen LogP contribution in [0.25, 0.3) is 0 Å². The lowest BCUT2D eigenvalue weighted by molar-refractivity contribution is -0.302. The molecule has 284 valence electrons. The van der Waals surface area contributed by atoms with Crippen LogP contribution in [0.1, 0.15) is 174 Å². The van der Waals surface area contributed by atoms with Gasteiger partial charge in [-0.05, 0) is 38.5 Å². The highest BCUT2D eigenvalue weighted by Crippen LogP contribution is 2.23. The Balaban J connectivity index is 2.41. The smallest absolute Gasteiger partial charge is 0.220 e. The normalized spacial score (nSPS) is 22.7. The number of allylic oxidation sites excluding steroid dienone is 2. The van der Waals surface area contributed by atoms with Gasteiger partial charge in [-0.1, -0.05) is 142 Å². The van der Waals surface area contributed by atoms with E-state index in [1.54, 1.807) is 0 Å². The lowest BCUT2D eigenvalue weighted by Crippen LogP contribution is -2.60. The summed E-state index contributed by atoms with van der Waals surface area (Å²) in [6.45, 7) is 3.79. The number of unbranched alkanes of at least 4 members (excludes halogenated alkanes) is 20. The zero-order valence-corrected chi connectivity index (χ0v) is 30.7. The summed E-state index contributed by atoms with van der Waals surface area (Å²) in [5.41, 5.74) is 0. The topological polar surface area (TPSA) is 149 Å². The number of amides is 1. The van der Waals surface area contributed by atoms with Crippen molar-refractivity contribution in [1.82, 2.24) is 5.32 Å². The van der Waals surface area contributed by atoms with Crippen LogP contribution >= 0.6 is 0 Å². The molecule has 2 unspecified atom stereocenters. The van der Waals surface area contributed by atoms with Crippen molar-refractivity contribution in [2.75, 3.05) is 13.2 Å². The molecule has 1 heterocycles. The van der Waals surface area contributed by atoms with Gasteiger partial charge in [0, 0.05) is 6.42 Å². The number of rotatable bonds is 32. The molecule has 1 fully saturated rings. The van der Waals surface area contributed by atoms with Crippen molar-refractivity contribution < 1.29 is 39.8 Å². The van der Waals surface area contributed by atoms with E-state index >= 15 is 0 Å². The number of carbonyl (C=O) groups excluding carboxylic acids is 1. The van der Waals surface area contributed by atoms with Crippen LogP contribution in [-0.2, 0) is 14.3 Å². The molecular formula is C39H75NO8. The molecule has 0 spiro atoms. The van der Waals surface area contributed by atoms with E-state index in [0.29, 0.717) is 12.8 Å². The molecule has 6 N–H and O–H groups in total. The van der Waals surface area contributed by atoms with E-state index in [0.717, 1.165) is 51.4 Å². The van der Waals surface area contributed by atoms with Crippen LogP contribution in [0, 0.1) is 0 Å². The average Bonchev–Trinajstić information content (AvgIpc) is 3.08. The maximum absolute atomic E-state index is 12.9. The predicted octanol–water partition coefficient (Wildman–Crippen LogP) is 7.00. The van der Waals surface area contributed by atoms with Crippen LogP contribution in [0.15, 0.2) is 12.2 Å². The van der Waals surface area contributed by atoms with Crippen molar-refractivity contribution >= 4 is 5.91 Å². The lowest BCUT2D eigenvalue weighted by Gasteiger charge is -2.40. The monoisotopic (exact) mass is 686 g/mol. The van der Waals surface area contributed by atoms with Crippen LogP contribution in [-0.4, -0.2) is 87.5 Å². The molecule has 7 atom stereocenters. The SMILES string of the molecule is CCCCCCC/C=C/CCCCCCCC(=O)N[C@@H](CO[C@H]1O[C@@H](CO)[C@H](O)C(O)C1O)[C@H](O)CCCCCCCCCCCCC. The van der Waals surface area contributed by atoms with Gasteiger partial charge >= 0.3 is 0 Å². The molecular weight excluding hydrogens is 610 g/mol. The summed E-state index contributed by atoms with van der Waals surface area (Å²) in [7, 11) is 0. The van der Waals surface area contributed by atoms with Gasteiger partial charge in [0.05, 0.1) is 25.4 Å². The molecule has 48 heavy (non-hydrogen) atoms. The van der Waals surface area contributed by atoms with Gasteiger partial charge < -0.3 is 40.3 Å². The fraction of sp³-hybridized carbons (Fsp3) is 0.923. The Kier molecular flexibility index (Phi) is 28.8. The first-order chi connectivity index (χ1) is 23.3. The second kappa shape index (κ2) is 30.7. The molecule has 0 aromatic heterocycles. The fourth-order valence-electron chi connectivity index (χ4n) is 6.33. The molecule has 9 nitrogen and oxygen atoms in total. The van der Waals surface area contributed by atoms with Gasteiger partial charge in [0.15, 0.2) is 6.29 Å². The Morgan fingerprint density at radius 2 is 1.17 bits per heavy atom. The maximum Gasteiger partial charge on any atom is 0.220 e. The molecule has 1 aliphatic heterocycles. The Morgan fingerprint density at radius 3 is 1.69 bits per heavy atom. The minimum Gasteiger partial charge on any atom is -0.394 e. The van der Waals surface area contributed by atoms with Gasteiger partial charge in [-0.15, -0.1) is 0 Å². The van der Waals surface area contributed by atoms with Gasteiger partial charge in [0.1, 0.15) is 24.4 Å². The Bertz CT molecular complexity index is 766. The Hall–Kier alpha value is -1.07. The molecule has 1 amide bonds. The van der Waals surface area contributed by atoms with Gasteiger partial charge in [-0.2, -0.15) is 0 Å². The number of aliphatic hydroxyl groups excluding tert-OH is 5. The molecule has 0 saturated carbocycles. The fourth-order valence-corrected chi connectivity index (χ4v) is 6.33. The van der Waals surface area contributed by atoms with E-state index in [1.807, 2.05) is 0 Å². The second-order valence-electron chi connectivity index (χ2n) is 14.1. The first-order valence-electron chi connectivity index (χ1n) is 19.9. The average molecular weight is 686 g/mol. The summed E-state index contributed by atoms with van der Waals surface area (Å²) in [4.78, 5) is 12.9. The van der Waals surface area contributed by atoms with E-state index in [-0.39, 0.29) is 12.5 Å². The van der Waals surface area contributed by atoms with Crippen LogP contribution in [0.4, 0.5) is 0 Å². The molecule has 0 aromatic carbocycles. The van der Waals surface area contributed by atoms with E-state index < -0.39 is 49.5 Å². The van der Waals surface area contributed by atoms with Crippen molar-refractivity contribution in [2.45, 2.75) is 217 Å². The lowest BCUT2D eigenvalue weighted by atomic mass is 9.99. The maximum atomic E-state index is 12.9. The van der Waals surface area contributed by atoms with E-state index in [2.05, 4.69) is 31.3 Å². The van der Waals surface area contributed by atoms with Crippen molar-refractivity contribution in [3.8, 4) is 0 Å². The zero-order chi connectivity index (χ0) is 35.2. The number of carbonyl (C=O) groups is 1. The quantitative estimate of drug-likeness (QED) is 0.0328. The molecule has 1 saturated heterocycles. The van der Waals surface area contributed by atoms with Crippen LogP contribution in [0.3, 0.4) is 0 Å². The third-order valence-electron chi connectivity index (χ3n) is 9.62. The van der Waals surface area contributed by atoms with Gasteiger partial charge in [0.25, 0.3) is 0 Å². The molecule has 0 radical (unpaired) electrons. The van der Waals surface area contributed by atoms with E-state index in [4.69, 9.17) is 9.47 Å². The molecule has 1 aliphatic rings. The summed E-state index contributed by atoms with van der Waals surface area (Å²) in [6, 6.07) is -0.716. The van der Waals surface area contributed by atoms with E-state index in [1.165, 1.54) is 96.3 Å². The minimum absolute atomic E-state index is 0.139. The first kappa shape index (κ1) is 45.0. The summed E-state index contributed by atoms with van der Waals surface area (Å²) >= 11 is 0. The van der Waals surface area contributed by atoms with Gasteiger partial charge in [-0.25, -0.2) is 0 Å². The minimum atomic E-state index is -1.55. The molecule has 9 heteroatoms. The Labute approximate surface area is 293 Å². The highest BCUT2D eigenvalue weighted by Gasteiger charge is 2.44. The number of ether oxygens (including phenoxy) is 2. The van der Waals surface area contributed by atoms with Gasteiger partial charge in [0.2, 0.25) is 5.91 Å². The molecule has 0 aromatic rings. The summed E-state index contributed by atoms with van der Waals surface area (Å²) in [5, 5.41) is 54.0. The predicted molar refractivity (Wildman–Crippen MR) is 194 cm³/mol. The second-order valence-corrected chi connectivity index (χ2v) is 14.1. The van der Waals surface area contributed by atoms with Crippen molar-refractivity contribution in [3.05, 3.63) is 12.2 Å². The van der Waals surface area contributed by atoms with Crippen molar-refractivity contribution in [1.29, 1.82) is 0 Å². The molecule has 1 rings (SSSR count). The highest BCUT2D eigenvalue weighted by atomic mass is 16.7. The van der Waals surface area contributed by atoms with Crippen LogP contribution < -0.4 is 5.32 Å². The van der Waals surface area contributed by atoms with Gasteiger partial charge in [-0.3, -0.25) is 4.79 Å². The largest absolute Gasteiger partial charge is 0.394 e. The van der Waals surface area contributed by atoms with Crippen LogP contribution in [0.2, 0.25) is 0 Å². The third kappa shape index (κ3) is 21.9. The summed E-state index contributed by atoms with van der Waals surface area (Å²) < 4.78 is 11.2. The number of hydrogen-bond acceptors (Lipinski definition) is 8. The number of nitrogens with one attached hydrogen (secondary N) is 1. The van der Waals surface area contributed by atoms with Crippen molar-refractivity contribution in [2.24, 2.45) is 0 Å². The Morgan fingerprint density at radius 1 is 0.688 bits per heavy atom. The standard InChI is InChI=1S/C39H75NO8/c1-3-5-7-9-11-13-15-16-17-19-21-23-25-27-29-35(43)40-32(31-47-39-38(46)37(45)36(44)34(30-41)48-39)33(42)28-26-24-22-20-18-14-12-10-8-6-4-2/h15-16,32-34,36-39,41-42,44-46H,3-14,17-31H2,1-2H3,(H,40,43)/b16-15+/t32-,33+,34-,36-,37?,38?,39-/m0/s1. The molecule has 0 bridgehead atoms. The first-order valence-corrected chi connectivity index (χ1v) is 19.9. The van der Waals surface area contributed by atoms with Crippen LogP contribution in [0.5, 0.6) is 0 Å². The van der Waals surface area contributed by atoms with Crippen molar-refractivity contribution in [3.63, 3.8) is 0 Å². The number of aliphatic hydroxyl groups is 5. The molecule has 0 aliphatic carbocycles. The number of hydrogen-bond donors (Lipinski definition) is 6. The highest BCUT2D eigenvalue weighted by molar-refractivity contribution is 5.76. The summed E-state index contributed by atoms with van der Waals surface area (Å²) in [6.07, 6.45) is 25.0. The zero-order valence-electron chi connectivity index (χ0n) is 30.7. The van der Waals surface area contributed by atoms with E-state index in [9.17, 15) is 30.3 Å².